The number of anilines is 1. The number of hydrogen-bond acceptors (Lipinski definition) is 5. The van der Waals surface area contributed by atoms with E-state index in [-0.39, 0.29) is 5.91 Å². The lowest BCUT2D eigenvalue weighted by molar-refractivity contribution is 0.0957. The third-order valence-electron chi connectivity index (χ3n) is 2.79. The minimum Gasteiger partial charge on any atom is -0.398 e. The molecule has 0 saturated heterocycles. The maximum absolute atomic E-state index is 11.6. The van der Waals surface area contributed by atoms with Gasteiger partial charge in [-0.05, 0) is 41.6 Å². The number of rotatable bonds is 4. The molecule has 5 N–H and O–H groups in total. The van der Waals surface area contributed by atoms with E-state index < -0.39 is 0 Å². The molecule has 0 spiro atoms. The average Bonchev–Trinajstić information content (AvgIpc) is 2.88. The number of hydrogen-bond donors (Lipinski definition) is 3. The van der Waals surface area contributed by atoms with E-state index in [4.69, 9.17) is 11.6 Å². The Morgan fingerprint density at radius 3 is 2.95 bits per heavy atom. The molecule has 0 unspecified atom stereocenters. The number of nitrogen functional groups attached to an aromatic ring is 2. The second kappa shape index (κ2) is 6.10. The van der Waals surface area contributed by atoms with Crippen LogP contribution in [0.1, 0.15) is 20.8 Å². The number of amides is 1. The van der Waals surface area contributed by atoms with E-state index in [2.05, 4.69) is 5.43 Å². The highest BCUT2D eigenvalue weighted by Gasteiger charge is 2.12. The van der Waals surface area contributed by atoms with Crippen molar-refractivity contribution in [1.82, 2.24) is 5.43 Å². The van der Waals surface area contributed by atoms with Crippen molar-refractivity contribution in [1.29, 1.82) is 0 Å². The summed E-state index contributed by atoms with van der Waals surface area (Å²) >= 11 is 3.06. The molecule has 2 rings (SSSR count). The minimum atomic E-state index is -0.241. The highest BCUT2D eigenvalue weighted by molar-refractivity contribution is 7.98. The fraction of sp³-hybridized carbons (Fsp3) is 0.154. The molecule has 0 fully saturated rings. The van der Waals surface area contributed by atoms with Gasteiger partial charge in [0.1, 0.15) is 0 Å². The molecule has 0 radical (unpaired) electrons. The van der Waals surface area contributed by atoms with Gasteiger partial charge in [0.25, 0.3) is 5.91 Å². The van der Waals surface area contributed by atoms with Crippen molar-refractivity contribution in [2.24, 2.45) is 5.84 Å². The molecule has 0 atom stereocenters. The number of benzene rings is 1. The van der Waals surface area contributed by atoms with Crippen LogP contribution in [-0.4, -0.2) is 5.91 Å². The molecule has 1 aromatic carbocycles. The third kappa shape index (κ3) is 3.09. The summed E-state index contributed by atoms with van der Waals surface area (Å²) in [5, 5.41) is 1.90. The summed E-state index contributed by atoms with van der Waals surface area (Å²) in [5.41, 5.74) is 10.9. The Balaban J connectivity index is 2.13. The van der Waals surface area contributed by atoms with Gasteiger partial charge in [0.2, 0.25) is 0 Å². The van der Waals surface area contributed by atoms with E-state index in [1.807, 2.05) is 36.6 Å². The Bertz CT molecular complexity index is 595. The quantitative estimate of drug-likeness (QED) is 0.266. The van der Waals surface area contributed by atoms with Crippen molar-refractivity contribution in [3.63, 3.8) is 0 Å². The molecular weight excluding hydrogens is 278 g/mol. The third-order valence-corrected chi connectivity index (χ3v) is 4.96. The van der Waals surface area contributed by atoms with Crippen LogP contribution in [0.4, 0.5) is 5.69 Å². The van der Waals surface area contributed by atoms with E-state index in [0.717, 1.165) is 27.5 Å². The van der Waals surface area contributed by atoms with Crippen molar-refractivity contribution in [2.75, 3.05) is 5.73 Å². The van der Waals surface area contributed by atoms with E-state index >= 15 is 0 Å². The topological polar surface area (TPSA) is 81.1 Å². The first kappa shape index (κ1) is 13.9. The maximum Gasteiger partial charge on any atom is 0.275 e. The molecule has 0 aliphatic heterocycles. The van der Waals surface area contributed by atoms with Gasteiger partial charge in [-0.3, -0.25) is 10.2 Å². The molecular formula is C13H15N3OS2. The van der Waals surface area contributed by atoms with Crippen molar-refractivity contribution >= 4 is 34.7 Å². The summed E-state index contributed by atoms with van der Waals surface area (Å²) in [5.74, 6) is 5.65. The Morgan fingerprint density at radius 2 is 2.21 bits per heavy atom. The molecule has 0 saturated carbocycles. The van der Waals surface area contributed by atoms with Crippen LogP contribution in [0, 0.1) is 6.92 Å². The molecule has 19 heavy (non-hydrogen) atoms. The fourth-order valence-corrected chi connectivity index (χ4v) is 3.64. The van der Waals surface area contributed by atoms with E-state index in [9.17, 15) is 4.79 Å². The number of thioether (sulfide) groups is 1. The van der Waals surface area contributed by atoms with Crippen LogP contribution >= 0.6 is 23.1 Å². The molecule has 2 aromatic rings. The van der Waals surface area contributed by atoms with E-state index in [1.165, 1.54) is 11.3 Å². The zero-order chi connectivity index (χ0) is 13.8. The normalized spacial score (nSPS) is 10.4. The van der Waals surface area contributed by atoms with Gasteiger partial charge in [0, 0.05) is 16.3 Å². The van der Waals surface area contributed by atoms with Crippen LogP contribution in [0.25, 0.3) is 0 Å². The van der Waals surface area contributed by atoms with E-state index in [1.54, 1.807) is 11.8 Å². The van der Waals surface area contributed by atoms with Gasteiger partial charge >= 0.3 is 0 Å². The smallest absolute Gasteiger partial charge is 0.275 e. The first-order chi connectivity index (χ1) is 9.13. The van der Waals surface area contributed by atoms with Crippen molar-refractivity contribution in [3.8, 4) is 0 Å². The number of carbonyl (C=O) groups is 1. The number of nitrogens with two attached hydrogens (primary N) is 2. The van der Waals surface area contributed by atoms with Crippen molar-refractivity contribution in [3.05, 3.63) is 45.6 Å². The number of hydrazine groups is 1. The van der Waals surface area contributed by atoms with Crippen LogP contribution < -0.4 is 17.0 Å². The first-order valence-corrected chi connectivity index (χ1v) is 7.55. The zero-order valence-electron chi connectivity index (χ0n) is 10.5. The van der Waals surface area contributed by atoms with E-state index in [0.29, 0.717) is 4.88 Å². The molecule has 1 amide bonds. The second-order valence-electron chi connectivity index (χ2n) is 4.01. The minimum absolute atomic E-state index is 0.241. The van der Waals surface area contributed by atoms with Gasteiger partial charge in [-0.15, -0.1) is 23.1 Å². The van der Waals surface area contributed by atoms with Crippen LogP contribution in [0.15, 0.2) is 34.5 Å². The summed E-state index contributed by atoms with van der Waals surface area (Å²) in [4.78, 5) is 13.4. The van der Waals surface area contributed by atoms with Gasteiger partial charge in [0.15, 0.2) is 0 Å². The number of carbonyl (C=O) groups excluding carboxylic acids is 1. The summed E-state index contributed by atoms with van der Waals surface area (Å²) in [6.07, 6.45) is 0. The SMILES string of the molecule is Cc1c(N)cccc1SCc1ccsc1C(=O)NN. The van der Waals surface area contributed by atoms with Gasteiger partial charge in [-0.2, -0.15) is 0 Å². The largest absolute Gasteiger partial charge is 0.398 e. The van der Waals surface area contributed by atoms with Crippen LogP contribution in [0.2, 0.25) is 0 Å². The summed E-state index contributed by atoms with van der Waals surface area (Å²) in [6.45, 7) is 2.00. The van der Waals surface area contributed by atoms with Crippen molar-refractivity contribution < 1.29 is 4.79 Å². The van der Waals surface area contributed by atoms with Crippen LogP contribution in [-0.2, 0) is 5.75 Å². The number of nitrogens with one attached hydrogen (secondary N) is 1. The molecule has 0 aliphatic rings. The predicted molar refractivity (Wildman–Crippen MR) is 81.1 cm³/mol. The number of thiophene rings is 1. The molecule has 0 bridgehead atoms. The monoisotopic (exact) mass is 293 g/mol. The lowest BCUT2D eigenvalue weighted by Gasteiger charge is -2.08. The maximum atomic E-state index is 11.6. The highest BCUT2D eigenvalue weighted by Crippen LogP contribution is 2.31. The lowest BCUT2D eigenvalue weighted by atomic mass is 10.2. The molecule has 4 nitrogen and oxygen atoms in total. The molecule has 6 heteroatoms. The highest BCUT2D eigenvalue weighted by atomic mass is 32.2. The first-order valence-electron chi connectivity index (χ1n) is 5.68. The Hall–Kier alpha value is -1.50. The molecule has 1 heterocycles. The van der Waals surface area contributed by atoms with Gasteiger partial charge in [-0.1, -0.05) is 6.07 Å². The summed E-state index contributed by atoms with van der Waals surface area (Å²) in [7, 11) is 0. The van der Waals surface area contributed by atoms with Crippen LogP contribution in [0.3, 0.4) is 0 Å². The Morgan fingerprint density at radius 1 is 1.42 bits per heavy atom. The molecule has 1 aromatic heterocycles. The Kier molecular flexibility index (Phi) is 4.47. The van der Waals surface area contributed by atoms with Gasteiger partial charge < -0.3 is 5.73 Å². The van der Waals surface area contributed by atoms with Gasteiger partial charge in [0.05, 0.1) is 4.88 Å². The zero-order valence-corrected chi connectivity index (χ0v) is 12.1. The second-order valence-corrected chi connectivity index (χ2v) is 5.94. The molecule has 0 aliphatic carbocycles. The van der Waals surface area contributed by atoms with Gasteiger partial charge in [-0.25, -0.2) is 5.84 Å². The summed E-state index contributed by atoms with van der Waals surface area (Å²) in [6, 6.07) is 7.80. The Labute approximate surface area is 120 Å². The molecule has 100 valence electrons. The fourth-order valence-electron chi connectivity index (χ4n) is 1.66. The standard InChI is InChI=1S/C13H15N3OS2/c1-8-10(14)3-2-4-11(8)19-7-9-5-6-18-12(9)13(17)16-15/h2-6H,7,14-15H2,1H3,(H,16,17). The summed E-state index contributed by atoms with van der Waals surface area (Å²) < 4.78 is 0. The predicted octanol–water partition coefficient (Wildman–Crippen LogP) is 2.53. The average molecular weight is 293 g/mol. The van der Waals surface area contributed by atoms with Crippen LogP contribution in [0.5, 0.6) is 0 Å². The lowest BCUT2D eigenvalue weighted by Crippen LogP contribution is -2.29. The van der Waals surface area contributed by atoms with Crippen molar-refractivity contribution in [2.45, 2.75) is 17.6 Å².